The number of allylic oxidation sites excluding steroid dienone is 1. The summed E-state index contributed by atoms with van der Waals surface area (Å²) < 4.78 is 0. The molecular weight excluding hydrogens is 238 g/mol. The predicted molar refractivity (Wildman–Crippen MR) is 81.1 cm³/mol. The number of nitrogens with one attached hydrogen (secondary N) is 1. The maximum atomic E-state index is 3.44. The van der Waals surface area contributed by atoms with Gasteiger partial charge in [-0.25, -0.2) is 0 Å². The molecule has 1 aliphatic rings. The molecule has 1 unspecified atom stereocenters. The second kappa shape index (κ2) is 7.01. The molecule has 0 aromatic heterocycles. The van der Waals surface area contributed by atoms with E-state index in [-0.39, 0.29) is 0 Å². The molecule has 0 spiro atoms. The van der Waals surface area contributed by atoms with Gasteiger partial charge in [-0.1, -0.05) is 38.1 Å². The molecule has 0 radical (unpaired) electrons. The molecule has 0 fully saturated rings. The minimum absolute atomic E-state index is 0.548. The van der Waals surface area contributed by atoms with Crippen molar-refractivity contribution in [3.05, 3.63) is 42.0 Å². The Kier molecular flexibility index (Phi) is 5.33. The van der Waals surface area contributed by atoms with Crippen LogP contribution in [0.1, 0.15) is 38.7 Å². The van der Waals surface area contributed by atoms with E-state index in [1.54, 1.807) is 0 Å². The highest BCUT2D eigenvalue weighted by Gasteiger charge is 2.09. The van der Waals surface area contributed by atoms with Crippen LogP contribution in [0, 0.1) is 0 Å². The molecule has 0 heterocycles. The quantitative estimate of drug-likeness (QED) is 0.789. The van der Waals surface area contributed by atoms with Crippen molar-refractivity contribution in [1.29, 1.82) is 0 Å². The van der Waals surface area contributed by atoms with E-state index in [1.807, 2.05) is 11.8 Å². The summed E-state index contributed by atoms with van der Waals surface area (Å²) in [6.07, 6.45) is 8.60. The Hall–Kier alpha value is -0.730. The van der Waals surface area contributed by atoms with E-state index >= 15 is 0 Å². The van der Waals surface area contributed by atoms with Crippen LogP contribution in [-0.4, -0.2) is 11.3 Å². The second-order valence-corrected chi connectivity index (χ2v) is 6.51. The zero-order chi connectivity index (χ0) is 12.8. The standard InChI is InChI=1S/C16H23NS/c1-13(2)17-12-14-8-10-16(11-9-14)18-15-6-4-3-5-7-15/h4,6,8-11,13,15,17H,3,5,7,12H2,1-2H3. The van der Waals surface area contributed by atoms with Crippen LogP contribution in [0.4, 0.5) is 0 Å². The number of benzene rings is 1. The van der Waals surface area contributed by atoms with E-state index in [2.05, 4.69) is 55.6 Å². The fourth-order valence-corrected chi connectivity index (χ4v) is 3.18. The Morgan fingerprint density at radius 2 is 2.06 bits per heavy atom. The van der Waals surface area contributed by atoms with Crippen LogP contribution in [0.3, 0.4) is 0 Å². The highest BCUT2D eigenvalue weighted by atomic mass is 32.2. The molecule has 0 saturated carbocycles. The van der Waals surface area contributed by atoms with Gasteiger partial charge in [0.2, 0.25) is 0 Å². The maximum Gasteiger partial charge on any atom is 0.0274 e. The lowest BCUT2D eigenvalue weighted by molar-refractivity contribution is 0.588. The number of rotatable bonds is 5. The Labute approximate surface area is 115 Å². The first-order valence-corrected chi connectivity index (χ1v) is 7.77. The van der Waals surface area contributed by atoms with E-state index in [0.717, 1.165) is 6.54 Å². The summed E-state index contributed by atoms with van der Waals surface area (Å²) in [7, 11) is 0. The predicted octanol–water partition coefficient (Wildman–Crippen LogP) is 4.39. The van der Waals surface area contributed by atoms with Gasteiger partial charge in [0.05, 0.1) is 0 Å². The average molecular weight is 261 g/mol. The summed E-state index contributed by atoms with van der Waals surface area (Å²) in [6.45, 7) is 5.32. The summed E-state index contributed by atoms with van der Waals surface area (Å²) in [4.78, 5) is 1.39. The molecule has 2 rings (SSSR count). The minimum Gasteiger partial charge on any atom is -0.310 e. The molecule has 1 aromatic carbocycles. The molecule has 1 aliphatic carbocycles. The molecule has 0 saturated heterocycles. The SMILES string of the molecule is CC(C)NCc1ccc(SC2C=CCCC2)cc1. The van der Waals surface area contributed by atoms with Gasteiger partial charge in [0.1, 0.15) is 0 Å². The van der Waals surface area contributed by atoms with Gasteiger partial charge in [0.15, 0.2) is 0 Å². The van der Waals surface area contributed by atoms with Crippen molar-refractivity contribution in [2.45, 2.75) is 55.8 Å². The Balaban J connectivity index is 1.86. The molecule has 2 heteroatoms. The zero-order valence-corrected chi connectivity index (χ0v) is 12.2. The summed E-state index contributed by atoms with van der Waals surface area (Å²) in [5.41, 5.74) is 1.37. The number of thioether (sulfide) groups is 1. The van der Waals surface area contributed by atoms with Crippen LogP contribution in [0.15, 0.2) is 41.3 Å². The van der Waals surface area contributed by atoms with Crippen LogP contribution in [0.5, 0.6) is 0 Å². The Bertz CT molecular complexity index is 381. The first-order valence-electron chi connectivity index (χ1n) is 6.89. The first-order chi connectivity index (χ1) is 8.74. The highest BCUT2D eigenvalue weighted by molar-refractivity contribution is 8.00. The third-order valence-electron chi connectivity index (χ3n) is 3.14. The molecule has 0 amide bonds. The van der Waals surface area contributed by atoms with Crippen molar-refractivity contribution in [3.63, 3.8) is 0 Å². The maximum absolute atomic E-state index is 3.44. The summed E-state index contributed by atoms with van der Waals surface area (Å²) in [5, 5.41) is 4.12. The fraction of sp³-hybridized carbons (Fsp3) is 0.500. The molecule has 1 atom stereocenters. The van der Waals surface area contributed by atoms with E-state index in [0.29, 0.717) is 11.3 Å². The van der Waals surface area contributed by atoms with Gasteiger partial charge in [-0.3, -0.25) is 0 Å². The van der Waals surface area contributed by atoms with Crippen molar-refractivity contribution in [1.82, 2.24) is 5.32 Å². The van der Waals surface area contributed by atoms with E-state index < -0.39 is 0 Å². The van der Waals surface area contributed by atoms with Gasteiger partial charge in [0.25, 0.3) is 0 Å². The monoisotopic (exact) mass is 261 g/mol. The molecule has 1 nitrogen and oxygen atoms in total. The van der Waals surface area contributed by atoms with Crippen LogP contribution >= 0.6 is 11.8 Å². The number of hydrogen-bond donors (Lipinski definition) is 1. The lowest BCUT2D eigenvalue weighted by Crippen LogP contribution is -2.21. The molecule has 18 heavy (non-hydrogen) atoms. The van der Waals surface area contributed by atoms with E-state index in [9.17, 15) is 0 Å². The van der Waals surface area contributed by atoms with Crippen LogP contribution < -0.4 is 5.32 Å². The van der Waals surface area contributed by atoms with E-state index in [4.69, 9.17) is 0 Å². The lowest BCUT2D eigenvalue weighted by Gasteiger charge is -2.16. The van der Waals surface area contributed by atoms with Crippen LogP contribution in [0.25, 0.3) is 0 Å². The largest absolute Gasteiger partial charge is 0.310 e. The molecule has 98 valence electrons. The second-order valence-electron chi connectivity index (χ2n) is 5.19. The van der Waals surface area contributed by atoms with Crippen LogP contribution in [0.2, 0.25) is 0 Å². The van der Waals surface area contributed by atoms with Gasteiger partial charge >= 0.3 is 0 Å². The lowest BCUT2D eigenvalue weighted by atomic mass is 10.1. The third-order valence-corrected chi connectivity index (χ3v) is 4.38. The normalized spacial score (nSPS) is 19.4. The minimum atomic E-state index is 0.548. The van der Waals surface area contributed by atoms with Gasteiger partial charge in [-0.2, -0.15) is 0 Å². The van der Waals surface area contributed by atoms with Gasteiger partial charge in [0, 0.05) is 22.7 Å². The van der Waals surface area contributed by atoms with Crippen molar-refractivity contribution in [2.75, 3.05) is 0 Å². The smallest absolute Gasteiger partial charge is 0.0274 e. The highest BCUT2D eigenvalue weighted by Crippen LogP contribution is 2.30. The van der Waals surface area contributed by atoms with Gasteiger partial charge < -0.3 is 5.32 Å². The van der Waals surface area contributed by atoms with Crippen molar-refractivity contribution >= 4 is 11.8 Å². The molecule has 1 aromatic rings. The Morgan fingerprint density at radius 3 is 2.67 bits per heavy atom. The topological polar surface area (TPSA) is 12.0 Å². The fourth-order valence-electron chi connectivity index (χ4n) is 2.06. The molecule has 1 N–H and O–H groups in total. The van der Waals surface area contributed by atoms with E-state index in [1.165, 1.54) is 29.7 Å². The first kappa shape index (κ1) is 13.7. The number of hydrogen-bond acceptors (Lipinski definition) is 2. The summed E-state index contributed by atoms with van der Waals surface area (Å²) in [6, 6.07) is 9.54. The van der Waals surface area contributed by atoms with Crippen molar-refractivity contribution < 1.29 is 0 Å². The van der Waals surface area contributed by atoms with Crippen LogP contribution in [-0.2, 0) is 6.54 Å². The third kappa shape index (κ3) is 4.51. The molecular formula is C16H23NS. The summed E-state index contributed by atoms with van der Waals surface area (Å²) in [5.74, 6) is 0. The Morgan fingerprint density at radius 1 is 1.28 bits per heavy atom. The van der Waals surface area contributed by atoms with Gasteiger partial charge in [-0.15, -0.1) is 11.8 Å². The average Bonchev–Trinajstić information content (AvgIpc) is 2.39. The zero-order valence-electron chi connectivity index (χ0n) is 11.4. The van der Waals surface area contributed by atoms with Gasteiger partial charge in [-0.05, 0) is 37.0 Å². The van der Waals surface area contributed by atoms with Crippen molar-refractivity contribution in [2.24, 2.45) is 0 Å². The van der Waals surface area contributed by atoms with Crippen molar-refractivity contribution in [3.8, 4) is 0 Å². The summed E-state index contributed by atoms with van der Waals surface area (Å²) >= 11 is 1.99. The molecule has 0 bridgehead atoms. The molecule has 0 aliphatic heterocycles.